The quantitative estimate of drug-likeness (QED) is 0.791. The van der Waals surface area contributed by atoms with E-state index in [0.717, 1.165) is 49.0 Å². The van der Waals surface area contributed by atoms with E-state index in [9.17, 15) is 5.11 Å². The largest absolute Gasteiger partial charge is 0.497 e. The molecule has 2 atom stereocenters. The lowest BCUT2D eigenvalue weighted by Gasteiger charge is -2.31. The predicted octanol–water partition coefficient (Wildman–Crippen LogP) is 2.20. The van der Waals surface area contributed by atoms with Crippen molar-refractivity contribution in [3.05, 3.63) is 23.3 Å². The van der Waals surface area contributed by atoms with E-state index in [1.165, 1.54) is 18.4 Å². The Bertz CT molecular complexity index is 570. The van der Waals surface area contributed by atoms with Crippen molar-refractivity contribution in [2.75, 3.05) is 33.3 Å². The molecule has 1 aromatic carbocycles. The first-order valence-electron chi connectivity index (χ1n) is 9.52. The summed E-state index contributed by atoms with van der Waals surface area (Å²) in [4.78, 5) is 2.38. The summed E-state index contributed by atoms with van der Waals surface area (Å²) in [7, 11) is 1.70. The Kier molecular flexibility index (Phi) is 6.20. The number of aliphatic hydroxyl groups excluding tert-OH is 1. The van der Waals surface area contributed by atoms with Crippen molar-refractivity contribution in [1.29, 1.82) is 0 Å². The molecule has 2 unspecified atom stereocenters. The van der Waals surface area contributed by atoms with Gasteiger partial charge in [0, 0.05) is 37.2 Å². The zero-order valence-electron chi connectivity index (χ0n) is 15.8. The molecule has 0 spiro atoms. The number of ether oxygens (including phenoxy) is 2. The van der Waals surface area contributed by atoms with Gasteiger partial charge < -0.3 is 24.8 Å². The molecular weight excluding hydrogens is 316 g/mol. The summed E-state index contributed by atoms with van der Waals surface area (Å²) in [6.45, 7) is 8.63. The fourth-order valence-electron chi connectivity index (χ4n) is 3.81. The summed E-state index contributed by atoms with van der Waals surface area (Å²) >= 11 is 0. The van der Waals surface area contributed by atoms with Crippen LogP contribution in [0.4, 0.5) is 0 Å². The first kappa shape index (κ1) is 18.5. The van der Waals surface area contributed by atoms with Crippen LogP contribution in [-0.2, 0) is 13.0 Å². The number of piperidine rings is 1. The van der Waals surface area contributed by atoms with Crippen LogP contribution in [0.1, 0.15) is 37.8 Å². The topological polar surface area (TPSA) is 54.0 Å². The van der Waals surface area contributed by atoms with Crippen molar-refractivity contribution in [3.8, 4) is 11.5 Å². The second-order valence-electron chi connectivity index (χ2n) is 7.68. The van der Waals surface area contributed by atoms with Crippen LogP contribution >= 0.6 is 0 Å². The number of methoxy groups -OCH3 is 1. The van der Waals surface area contributed by atoms with Gasteiger partial charge in [0.05, 0.1) is 13.2 Å². The molecule has 2 N–H and O–H groups in total. The summed E-state index contributed by atoms with van der Waals surface area (Å²) < 4.78 is 11.4. The summed E-state index contributed by atoms with van der Waals surface area (Å²) in [6.07, 6.45) is 3.28. The Morgan fingerprint density at radius 1 is 1.32 bits per heavy atom. The van der Waals surface area contributed by atoms with E-state index in [0.29, 0.717) is 13.1 Å². The molecule has 5 heteroatoms. The normalized spacial score (nSPS) is 22.5. The molecule has 2 heterocycles. The third kappa shape index (κ3) is 4.87. The molecule has 0 aromatic heterocycles. The van der Waals surface area contributed by atoms with Gasteiger partial charge in [-0.05, 0) is 50.9 Å². The Morgan fingerprint density at radius 2 is 2.08 bits per heavy atom. The van der Waals surface area contributed by atoms with Gasteiger partial charge in [0.25, 0.3) is 0 Å². The number of nitrogens with one attached hydrogen (secondary N) is 1. The molecule has 2 aliphatic heterocycles. The zero-order chi connectivity index (χ0) is 17.8. The highest BCUT2D eigenvalue weighted by Crippen LogP contribution is 2.36. The van der Waals surface area contributed by atoms with Gasteiger partial charge in [-0.2, -0.15) is 0 Å². The molecule has 0 amide bonds. The van der Waals surface area contributed by atoms with Crippen LogP contribution < -0.4 is 14.8 Å². The lowest BCUT2D eigenvalue weighted by Crippen LogP contribution is -2.41. The molecule has 1 saturated heterocycles. The maximum atomic E-state index is 10.3. The van der Waals surface area contributed by atoms with E-state index < -0.39 is 0 Å². The monoisotopic (exact) mass is 348 g/mol. The minimum Gasteiger partial charge on any atom is -0.497 e. The number of nitrogens with zero attached hydrogens (tertiary/aromatic N) is 1. The number of hydrogen-bond acceptors (Lipinski definition) is 5. The molecule has 140 valence electrons. The summed E-state index contributed by atoms with van der Waals surface area (Å²) in [6, 6.07) is 4.09. The number of fused-ring (bicyclic) bond motifs is 1. The molecule has 1 fully saturated rings. The van der Waals surface area contributed by atoms with Crippen LogP contribution in [0.25, 0.3) is 0 Å². The van der Waals surface area contributed by atoms with E-state index in [1.807, 2.05) is 6.07 Å². The Hall–Kier alpha value is -1.30. The molecule has 3 rings (SSSR count). The molecule has 0 saturated carbocycles. The molecule has 5 nitrogen and oxygen atoms in total. The minimum absolute atomic E-state index is 0.216. The number of β-amino-alcohol motifs (C(OH)–C–C–N with tert-alkyl or cyclic N) is 1. The van der Waals surface area contributed by atoms with E-state index >= 15 is 0 Å². The van der Waals surface area contributed by atoms with Crippen molar-refractivity contribution in [1.82, 2.24) is 10.2 Å². The predicted molar refractivity (Wildman–Crippen MR) is 99.3 cm³/mol. The highest BCUT2D eigenvalue weighted by Gasteiger charge is 2.23. The first-order valence-corrected chi connectivity index (χ1v) is 9.52. The van der Waals surface area contributed by atoms with E-state index in [1.54, 1.807) is 7.11 Å². The van der Waals surface area contributed by atoms with Gasteiger partial charge in [-0.25, -0.2) is 0 Å². The Morgan fingerprint density at radius 3 is 2.80 bits per heavy atom. The molecule has 1 aromatic rings. The van der Waals surface area contributed by atoms with Gasteiger partial charge >= 0.3 is 0 Å². The molecule has 0 radical (unpaired) electrons. The molecule has 25 heavy (non-hydrogen) atoms. The number of aliphatic hydroxyl groups is 1. The number of benzene rings is 1. The fourth-order valence-corrected chi connectivity index (χ4v) is 3.81. The van der Waals surface area contributed by atoms with Gasteiger partial charge in [0.1, 0.15) is 17.6 Å². The zero-order valence-corrected chi connectivity index (χ0v) is 15.8. The van der Waals surface area contributed by atoms with Crippen LogP contribution in [0.3, 0.4) is 0 Å². The van der Waals surface area contributed by atoms with Crippen LogP contribution in [-0.4, -0.2) is 55.5 Å². The fraction of sp³-hybridized carbons (Fsp3) is 0.700. The summed E-state index contributed by atoms with van der Waals surface area (Å²) in [5.74, 6) is 2.68. The lowest BCUT2D eigenvalue weighted by atomic mass is 9.99. The third-order valence-corrected chi connectivity index (χ3v) is 5.32. The second kappa shape index (κ2) is 8.39. The Labute approximate surface area is 151 Å². The molecular formula is C20H32N2O3. The lowest BCUT2D eigenvalue weighted by molar-refractivity contribution is 0.0906. The Balaban J connectivity index is 1.49. The number of likely N-dealkylation sites (tertiary alicyclic amines) is 1. The maximum Gasteiger partial charge on any atom is 0.127 e. The van der Waals surface area contributed by atoms with Crippen LogP contribution in [0.15, 0.2) is 12.1 Å². The standard InChI is InChI=1S/C20H32N2O3/c1-14-4-6-22(7-5-14)13-18(23)12-21-11-17-10-19(24-3)9-16-8-15(2)25-20(16)17/h9-10,14-15,18,21,23H,4-8,11-13H2,1-3H3. The van der Waals surface area contributed by atoms with Crippen LogP contribution in [0, 0.1) is 5.92 Å². The summed E-state index contributed by atoms with van der Waals surface area (Å²) in [5, 5.41) is 13.7. The van der Waals surface area contributed by atoms with E-state index in [-0.39, 0.29) is 12.2 Å². The van der Waals surface area contributed by atoms with Crippen molar-refractivity contribution in [2.45, 2.75) is 51.9 Å². The average molecular weight is 348 g/mol. The molecule has 2 aliphatic rings. The van der Waals surface area contributed by atoms with Crippen molar-refractivity contribution >= 4 is 0 Å². The van der Waals surface area contributed by atoms with Gasteiger partial charge in [-0.3, -0.25) is 0 Å². The second-order valence-corrected chi connectivity index (χ2v) is 7.68. The van der Waals surface area contributed by atoms with E-state index in [2.05, 4.69) is 30.1 Å². The van der Waals surface area contributed by atoms with Crippen LogP contribution in [0.2, 0.25) is 0 Å². The first-order chi connectivity index (χ1) is 12.0. The minimum atomic E-state index is -0.341. The number of rotatable bonds is 7. The summed E-state index contributed by atoms with van der Waals surface area (Å²) in [5.41, 5.74) is 2.32. The van der Waals surface area contributed by atoms with Crippen molar-refractivity contribution in [2.24, 2.45) is 5.92 Å². The third-order valence-electron chi connectivity index (χ3n) is 5.32. The van der Waals surface area contributed by atoms with Gasteiger partial charge in [-0.1, -0.05) is 6.92 Å². The van der Waals surface area contributed by atoms with Gasteiger partial charge in [-0.15, -0.1) is 0 Å². The highest BCUT2D eigenvalue weighted by atomic mass is 16.5. The molecule has 0 aliphatic carbocycles. The van der Waals surface area contributed by atoms with Gasteiger partial charge in [0.2, 0.25) is 0 Å². The van der Waals surface area contributed by atoms with Gasteiger partial charge in [0.15, 0.2) is 0 Å². The van der Waals surface area contributed by atoms with Crippen molar-refractivity contribution < 1.29 is 14.6 Å². The number of hydrogen-bond donors (Lipinski definition) is 2. The smallest absolute Gasteiger partial charge is 0.127 e. The van der Waals surface area contributed by atoms with Crippen LogP contribution in [0.5, 0.6) is 11.5 Å². The maximum absolute atomic E-state index is 10.3. The van der Waals surface area contributed by atoms with Crippen molar-refractivity contribution in [3.63, 3.8) is 0 Å². The van der Waals surface area contributed by atoms with E-state index in [4.69, 9.17) is 9.47 Å². The highest BCUT2D eigenvalue weighted by molar-refractivity contribution is 5.49. The SMILES string of the molecule is COc1cc(CNCC(O)CN2CCC(C)CC2)c2c(c1)CC(C)O2. The average Bonchev–Trinajstić information content (AvgIpc) is 2.97. The molecule has 0 bridgehead atoms.